The van der Waals surface area contributed by atoms with Gasteiger partial charge < -0.3 is 25.0 Å². The van der Waals surface area contributed by atoms with Crippen LogP contribution in [0.3, 0.4) is 0 Å². The van der Waals surface area contributed by atoms with E-state index in [1.165, 1.54) is 29.8 Å². The van der Waals surface area contributed by atoms with Gasteiger partial charge in [0.15, 0.2) is 10.8 Å². The number of fused-ring (bicyclic) bond motifs is 1. The molecule has 0 radical (unpaired) electrons. The van der Waals surface area contributed by atoms with Gasteiger partial charge in [0.25, 0.3) is 5.91 Å². The summed E-state index contributed by atoms with van der Waals surface area (Å²) in [6.07, 6.45) is 7.07. The number of benzene rings is 1. The number of rotatable bonds is 10. The van der Waals surface area contributed by atoms with Crippen LogP contribution < -0.4 is 15.4 Å². The number of ether oxygens (including phenoxy) is 2. The summed E-state index contributed by atoms with van der Waals surface area (Å²) in [5.74, 6) is 0.198. The van der Waals surface area contributed by atoms with Gasteiger partial charge in [0, 0.05) is 26.1 Å². The highest BCUT2D eigenvalue weighted by molar-refractivity contribution is 7.19. The Labute approximate surface area is 214 Å². The number of nitrogens with zero attached hydrogens (tertiary/aromatic N) is 4. The SMILES string of the molecule is CO[C@@H]1CCCC[C@@H](Oc2cc(F)ccc2Nc2ncnc3sc(C(=O)NCCCN(C)C)nc23)C1. The predicted octanol–water partition coefficient (Wildman–Crippen LogP) is 4.38. The van der Waals surface area contributed by atoms with Crippen molar-refractivity contribution < 1.29 is 18.7 Å². The molecule has 1 aliphatic rings. The Bertz CT molecular complexity index is 1170. The summed E-state index contributed by atoms with van der Waals surface area (Å²) >= 11 is 1.20. The highest BCUT2D eigenvalue weighted by Gasteiger charge is 2.23. The van der Waals surface area contributed by atoms with E-state index >= 15 is 0 Å². The van der Waals surface area contributed by atoms with Crippen molar-refractivity contribution in [3.8, 4) is 5.75 Å². The second kappa shape index (κ2) is 12.4. The molecule has 1 amide bonds. The predicted molar refractivity (Wildman–Crippen MR) is 139 cm³/mol. The molecule has 2 N–H and O–H groups in total. The van der Waals surface area contributed by atoms with E-state index in [-0.39, 0.29) is 23.9 Å². The van der Waals surface area contributed by atoms with Crippen molar-refractivity contribution in [2.75, 3.05) is 39.6 Å². The van der Waals surface area contributed by atoms with Crippen molar-refractivity contribution in [2.24, 2.45) is 0 Å². The number of carbonyl (C=O) groups is 1. The second-order valence-electron chi connectivity index (χ2n) is 9.19. The van der Waals surface area contributed by atoms with Crippen molar-refractivity contribution in [3.05, 3.63) is 35.4 Å². The van der Waals surface area contributed by atoms with Crippen LogP contribution in [0.2, 0.25) is 0 Å². The fourth-order valence-corrected chi connectivity index (χ4v) is 5.04. The van der Waals surface area contributed by atoms with E-state index in [9.17, 15) is 9.18 Å². The van der Waals surface area contributed by atoms with E-state index in [4.69, 9.17) is 9.47 Å². The maximum Gasteiger partial charge on any atom is 0.280 e. The molecule has 1 aliphatic carbocycles. The van der Waals surface area contributed by atoms with Gasteiger partial charge in [-0.1, -0.05) is 17.8 Å². The van der Waals surface area contributed by atoms with Gasteiger partial charge in [-0.25, -0.2) is 19.3 Å². The van der Waals surface area contributed by atoms with Crippen molar-refractivity contribution in [1.29, 1.82) is 0 Å². The van der Waals surface area contributed by atoms with Crippen molar-refractivity contribution >= 4 is 39.1 Å². The Hall–Kier alpha value is -2.89. The fraction of sp³-hybridized carbons (Fsp3) is 0.520. The molecule has 36 heavy (non-hydrogen) atoms. The van der Waals surface area contributed by atoms with Crippen LogP contribution in [0, 0.1) is 5.82 Å². The van der Waals surface area contributed by atoms with Gasteiger partial charge in [-0.3, -0.25) is 4.79 Å². The van der Waals surface area contributed by atoms with Gasteiger partial charge in [-0.2, -0.15) is 0 Å². The van der Waals surface area contributed by atoms with Gasteiger partial charge in [-0.15, -0.1) is 0 Å². The zero-order valence-corrected chi connectivity index (χ0v) is 21.7. The maximum atomic E-state index is 14.2. The van der Waals surface area contributed by atoms with Crippen LogP contribution in [-0.4, -0.2) is 72.3 Å². The molecule has 2 aromatic heterocycles. The number of methoxy groups -OCH3 is 1. The zero-order chi connectivity index (χ0) is 25.5. The average Bonchev–Trinajstić information content (AvgIpc) is 3.17. The molecule has 0 bridgehead atoms. The fourth-order valence-electron chi connectivity index (χ4n) is 4.21. The Kier molecular flexibility index (Phi) is 9.00. The minimum atomic E-state index is -0.387. The smallest absolute Gasteiger partial charge is 0.280 e. The third kappa shape index (κ3) is 6.86. The molecule has 2 heterocycles. The number of anilines is 2. The lowest BCUT2D eigenvalue weighted by molar-refractivity contribution is 0.0567. The Morgan fingerprint density at radius 3 is 2.81 bits per heavy atom. The molecule has 11 heteroatoms. The van der Waals surface area contributed by atoms with E-state index < -0.39 is 0 Å². The summed E-state index contributed by atoms with van der Waals surface area (Å²) in [4.78, 5) is 28.4. The Balaban J connectivity index is 1.51. The minimum Gasteiger partial charge on any atom is -0.488 e. The molecule has 194 valence electrons. The van der Waals surface area contributed by atoms with Crippen LogP contribution >= 0.6 is 11.3 Å². The molecule has 9 nitrogen and oxygen atoms in total. The highest BCUT2D eigenvalue weighted by Crippen LogP contribution is 2.34. The second-order valence-corrected chi connectivity index (χ2v) is 10.2. The largest absolute Gasteiger partial charge is 0.488 e. The number of hydrogen-bond acceptors (Lipinski definition) is 9. The molecule has 0 saturated heterocycles. The standard InChI is InChI=1S/C25H33FN6O3S/c1-32(2)12-6-11-27-23(33)25-31-21-22(28-15-29-24(21)36-25)30-19-10-9-16(26)13-20(19)35-18-8-5-4-7-17(14-18)34-3/h9-10,13,15,17-18H,4-8,11-12,14H2,1-3H3,(H,27,33)(H,28,29,30)/t17-,18-/m1/s1. The number of amides is 1. The summed E-state index contributed by atoms with van der Waals surface area (Å²) < 4.78 is 26.0. The van der Waals surface area contributed by atoms with E-state index in [0.717, 1.165) is 45.1 Å². The molecular weight excluding hydrogens is 483 g/mol. The number of halogens is 1. The minimum absolute atomic E-state index is 0.0766. The first-order valence-corrected chi connectivity index (χ1v) is 13.0. The zero-order valence-electron chi connectivity index (χ0n) is 20.9. The number of thiazole rings is 1. The number of hydrogen-bond donors (Lipinski definition) is 2. The molecule has 0 unspecified atom stereocenters. The number of aromatic nitrogens is 3. The van der Waals surface area contributed by atoms with Gasteiger partial charge in [-0.05, 0) is 58.5 Å². The maximum absolute atomic E-state index is 14.2. The Morgan fingerprint density at radius 2 is 2.03 bits per heavy atom. The lowest BCUT2D eigenvalue weighted by Crippen LogP contribution is -2.26. The van der Waals surface area contributed by atoms with Gasteiger partial charge in [0.2, 0.25) is 0 Å². The first-order chi connectivity index (χ1) is 17.4. The highest BCUT2D eigenvalue weighted by atomic mass is 32.1. The lowest BCUT2D eigenvalue weighted by atomic mass is 10.1. The third-order valence-corrected chi connectivity index (χ3v) is 7.07. The van der Waals surface area contributed by atoms with Crippen LogP contribution in [0.4, 0.5) is 15.9 Å². The number of nitrogens with one attached hydrogen (secondary N) is 2. The number of carbonyl (C=O) groups excluding carboxylic acids is 1. The first kappa shape index (κ1) is 26.2. The molecule has 1 aromatic carbocycles. The summed E-state index contributed by atoms with van der Waals surface area (Å²) in [7, 11) is 5.70. The average molecular weight is 517 g/mol. The molecule has 1 saturated carbocycles. The van der Waals surface area contributed by atoms with Crippen LogP contribution in [0.15, 0.2) is 24.5 Å². The molecule has 1 fully saturated rings. The summed E-state index contributed by atoms with van der Waals surface area (Å²) in [6.45, 7) is 1.44. The first-order valence-electron chi connectivity index (χ1n) is 12.2. The third-order valence-electron chi connectivity index (χ3n) is 6.11. The normalized spacial score (nSPS) is 18.2. The van der Waals surface area contributed by atoms with Gasteiger partial charge in [0.1, 0.15) is 34.3 Å². The van der Waals surface area contributed by atoms with E-state index in [1.807, 2.05) is 14.1 Å². The van der Waals surface area contributed by atoms with Crippen LogP contribution in [0.1, 0.15) is 48.3 Å². The quantitative estimate of drug-likeness (QED) is 0.303. The molecule has 4 rings (SSSR count). The topological polar surface area (TPSA) is 102 Å². The molecular formula is C25H33FN6O3S. The monoisotopic (exact) mass is 516 g/mol. The molecule has 2 atom stereocenters. The summed E-state index contributed by atoms with van der Waals surface area (Å²) in [5, 5.41) is 6.44. The Morgan fingerprint density at radius 1 is 1.22 bits per heavy atom. The van der Waals surface area contributed by atoms with Crippen LogP contribution in [0.5, 0.6) is 5.75 Å². The van der Waals surface area contributed by atoms with Crippen molar-refractivity contribution in [2.45, 2.75) is 50.7 Å². The van der Waals surface area contributed by atoms with Crippen LogP contribution in [-0.2, 0) is 4.74 Å². The molecule has 0 spiro atoms. The van der Waals surface area contributed by atoms with Crippen molar-refractivity contribution in [3.63, 3.8) is 0 Å². The van der Waals surface area contributed by atoms with E-state index in [2.05, 4.69) is 30.5 Å². The van der Waals surface area contributed by atoms with E-state index in [0.29, 0.717) is 39.2 Å². The summed E-state index contributed by atoms with van der Waals surface area (Å²) in [6, 6.07) is 4.36. The molecule has 3 aromatic rings. The lowest BCUT2D eigenvalue weighted by Gasteiger charge is -2.22. The summed E-state index contributed by atoms with van der Waals surface area (Å²) in [5.41, 5.74) is 1.04. The van der Waals surface area contributed by atoms with Crippen LogP contribution in [0.25, 0.3) is 10.3 Å². The van der Waals surface area contributed by atoms with Gasteiger partial charge in [0.05, 0.1) is 11.8 Å². The molecule has 0 aliphatic heterocycles. The van der Waals surface area contributed by atoms with Gasteiger partial charge >= 0.3 is 0 Å². The van der Waals surface area contributed by atoms with E-state index in [1.54, 1.807) is 13.2 Å². The van der Waals surface area contributed by atoms with Crippen molar-refractivity contribution in [1.82, 2.24) is 25.2 Å².